The highest BCUT2D eigenvalue weighted by Crippen LogP contribution is 2.50. The minimum Gasteiger partial charge on any atom is -0.494 e. The standard InChI is InChI=1S/C29H55N3O2.C28H52N2O4.C27H37NO3.C26H35NO4/c1-26(2)20-22(28(5,6)31(26)9)24(33)18-16-14-12-11-13-15-17-19-30-25(34)23-21-27(3,4)32(10)29(23,7)8;1-25(2)19-21(27(5,6)29(25)9)23(31)33-17-15-13-11-12-14-16-18-34-24(32)22-20-26(3,4)30(10)28(22,7)8;1-7-8-20-9-11-21(12-10-20)22-13-15-23(16-14-22)30-17-18-31-25(29)24-19-26(2,3)28(6)27(24,4)5;1-7-29-21-12-8-19(9-13-21)20-10-14-22(15-11-20)30-16-17-31-24(28)23-18-25(2,3)27(6)26(23,4)5/h22-23H,11-21H2,1-10H3,(H,30,34);21-22H,11-20H2,1-10H3;9-16,24H,7-8,17-19H2,1-6H3;8-15,23H,7,16-18H2,1-6H3. The van der Waals surface area contributed by atoms with Crippen molar-refractivity contribution in [3.8, 4) is 39.5 Å². The van der Waals surface area contributed by atoms with Gasteiger partial charge in [-0.2, -0.15) is 0 Å². The maximum absolute atomic E-state index is 12.9. The fraction of sp³-hybridized carbons (Fsp3) is 0.727. The molecule has 6 unspecified atom stereocenters. The van der Waals surface area contributed by atoms with Crippen molar-refractivity contribution in [3.63, 3.8) is 0 Å². The maximum atomic E-state index is 12.9. The molecule has 10 rings (SSSR count). The summed E-state index contributed by atoms with van der Waals surface area (Å²) in [5.74, 6) is 2.50. The van der Waals surface area contributed by atoms with E-state index in [0.717, 1.165) is 162 Å². The second-order valence-corrected chi connectivity index (χ2v) is 45.6. The molecule has 4 aromatic carbocycles. The van der Waals surface area contributed by atoms with Crippen LogP contribution in [-0.2, 0) is 54.1 Å². The Bertz CT molecular complexity index is 3850. The number of hydrogen-bond donors (Lipinski definition) is 1. The Morgan fingerprint density at radius 3 is 0.815 bits per heavy atom. The Balaban J connectivity index is 0.000000237. The molecule has 0 spiro atoms. The molecule has 6 saturated heterocycles. The molecule has 6 atom stereocenters. The predicted octanol–water partition coefficient (Wildman–Crippen LogP) is 22.2. The first-order valence-corrected chi connectivity index (χ1v) is 49.6. The number of rotatable bonds is 39. The molecule has 6 aliphatic rings. The summed E-state index contributed by atoms with van der Waals surface area (Å²) in [4.78, 5) is 90.2. The minimum absolute atomic E-state index is 0.0121. The van der Waals surface area contributed by atoms with Crippen LogP contribution in [0.5, 0.6) is 17.2 Å². The third-order valence-electron chi connectivity index (χ3n) is 32.5. The van der Waals surface area contributed by atoms with Crippen molar-refractivity contribution >= 4 is 35.6 Å². The lowest BCUT2D eigenvalue weighted by molar-refractivity contribution is -0.152. The Morgan fingerprint density at radius 2 is 0.538 bits per heavy atom. The third kappa shape index (κ3) is 28.1. The third-order valence-corrected chi connectivity index (χ3v) is 32.5. The molecular formula is C110H179N7O13. The Kier molecular flexibility index (Phi) is 39.0. The lowest BCUT2D eigenvalue weighted by Gasteiger charge is -2.38. The maximum Gasteiger partial charge on any atom is 0.310 e. The van der Waals surface area contributed by atoms with Gasteiger partial charge in [0.15, 0.2) is 0 Å². The Hall–Kier alpha value is -6.94. The minimum atomic E-state index is -0.224. The number of Topliss-reactive ketones (excluding diaryl/α,β-unsaturated/α-hetero) is 1. The number of aryl methyl sites for hydroxylation is 1. The van der Waals surface area contributed by atoms with Crippen LogP contribution in [0.4, 0.5) is 0 Å². The van der Waals surface area contributed by atoms with Gasteiger partial charge in [-0.05, 0) is 350 Å². The highest BCUT2D eigenvalue weighted by atomic mass is 16.6. The van der Waals surface area contributed by atoms with Gasteiger partial charge in [-0.15, -0.1) is 0 Å². The van der Waals surface area contributed by atoms with E-state index in [1.807, 2.05) is 67.6 Å². The smallest absolute Gasteiger partial charge is 0.310 e. The van der Waals surface area contributed by atoms with Crippen LogP contribution in [0.2, 0.25) is 0 Å². The number of ether oxygens (including phenoxy) is 7. The van der Waals surface area contributed by atoms with E-state index >= 15 is 0 Å². The predicted molar refractivity (Wildman–Crippen MR) is 531 cm³/mol. The summed E-state index contributed by atoms with van der Waals surface area (Å²) >= 11 is 0. The number of nitrogens with one attached hydrogen (secondary N) is 1. The molecule has 0 bridgehead atoms. The molecule has 0 aromatic heterocycles. The quantitative estimate of drug-likeness (QED) is 0.0251. The summed E-state index contributed by atoms with van der Waals surface area (Å²) in [6, 6.07) is 32.8. The summed E-state index contributed by atoms with van der Waals surface area (Å²) in [6.07, 6.45) is 22.4. The molecule has 732 valence electrons. The lowest BCUT2D eigenvalue weighted by Crippen LogP contribution is -2.49. The first kappa shape index (κ1) is 110. The fourth-order valence-electron chi connectivity index (χ4n) is 21.4. The molecule has 0 radical (unpaired) electrons. The summed E-state index contributed by atoms with van der Waals surface area (Å²) in [5.41, 5.74) is 5.19. The Labute approximate surface area is 788 Å². The van der Waals surface area contributed by atoms with Gasteiger partial charge < -0.3 is 38.5 Å². The topological polar surface area (TPSA) is 198 Å². The van der Waals surface area contributed by atoms with Crippen LogP contribution in [0.1, 0.15) is 320 Å². The van der Waals surface area contributed by atoms with Gasteiger partial charge in [0, 0.05) is 85.4 Å². The van der Waals surface area contributed by atoms with Crippen molar-refractivity contribution in [2.45, 2.75) is 388 Å². The van der Waals surface area contributed by atoms with Gasteiger partial charge in [0.1, 0.15) is 49.5 Å². The van der Waals surface area contributed by atoms with Gasteiger partial charge in [0.2, 0.25) is 5.91 Å². The number of esters is 4. The molecule has 1 N–H and O–H groups in total. The van der Waals surface area contributed by atoms with E-state index in [4.69, 9.17) is 33.2 Å². The number of nitrogens with zero attached hydrogens (tertiary/aromatic N) is 6. The molecule has 6 aliphatic heterocycles. The van der Waals surface area contributed by atoms with Crippen molar-refractivity contribution in [2.75, 3.05) is 95.1 Å². The van der Waals surface area contributed by atoms with E-state index in [9.17, 15) is 28.8 Å². The van der Waals surface area contributed by atoms with E-state index < -0.39 is 0 Å². The summed E-state index contributed by atoms with van der Waals surface area (Å²) in [6.45, 7) is 60.1. The van der Waals surface area contributed by atoms with Gasteiger partial charge in [-0.3, -0.25) is 58.2 Å². The number of unbranched alkanes of at least 4 members (excludes halogenated alkanes) is 11. The molecule has 0 saturated carbocycles. The van der Waals surface area contributed by atoms with Crippen LogP contribution in [0.25, 0.3) is 22.3 Å². The van der Waals surface area contributed by atoms with Crippen molar-refractivity contribution in [1.29, 1.82) is 0 Å². The zero-order valence-electron chi connectivity index (χ0n) is 87.4. The first-order chi connectivity index (χ1) is 60.4. The number of hydrogen-bond acceptors (Lipinski definition) is 19. The number of ketones is 1. The van der Waals surface area contributed by atoms with Crippen LogP contribution < -0.4 is 19.5 Å². The van der Waals surface area contributed by atoms with Crippen molar-refractivity contribution in [2.24, 2.45) is 35.5 Å². The van der Waals surface area contributed by atoms with Crippen LogP contribution >= 0.6 is 0 Å². The highest BCUT2D eigenvalue weighted by Gasteiger charge is 2.58. The second-order valence-electron chi connectivity index (χ2n) is 45.6. The first-order valence-electron chi connectivity index (χ1n) is 49.6. The van der Waals surface area contributed by atoms with Crippen molar-refractivity contribution < 1.29 is 61.9 Å². The SMILES string of the molecule is CCCc1ccc(-c2ccc(OCCOC(=O)C3CC(C)(C)N(C)C3(C)C)cc2)cc1.CCOc1ccc(-c2ccc(OCCOC(=O)C3CC(C)(C)N(C)C3(C)C)cc2)cc1.CN1C(C)(C)CC(C(=O)CCCCCCCCCNC(=O)C2CC(C)(C)N(C)C2(C)C)C1(C)C.CN1C(C)(C)CC(C(=O)OCCCCCCCCOC(=O)C2CC(C)(C)N(C)C2(C)C)C1(C)C. The van der Waals surface area contributed by atoms with Gasteiger partial charge >= 0.3 is 23.9 Å². The van der Waals surface area contributed by atoms with E-state index in [-0.39, 0.29) is 145 Å². The van der Waals surface area contributed by atoms with Crippen LogP contribution in [0, 0.1) is 35.5 Å². The molecule has 6 fully saturated rings. The highest BCUT2D eigenvalue weighted by molar-refractivity contribution is 5.83. The van der Waals surface area contributed by atoms with E-state index in [0.29, 0.717) is 38.8 Å². The Morgan fingerprint density at radius 1 is 0.292 bits per heavy atom. The van der Waals surface area contributed by atoms with E-state index in [1.54, 1.807) is 0 Å². The molecule has 20 nitrogen and oxygen atoms in total. The molecule has 20 heteroatoms. The number of carbonyl (C=O) groups is 6. The number of benzene rings is 4. The zero-order valence-corrected chi connectivity index (χ0v) is 87.4. The fourth-order valence-corrected chi connectivity index (χ4v) is 21.4. The normalized spacial score (nSPS) is 23.9. The summed E-state index contributed by atoms with van der Waals surface area (Å²) in [5, 5.41) is 3.20. The zero-order chi connectivity index (χ0) is 97.2. The van der Waals surface area contributed by atoms with Crippen LogP contribution in [-0.4, -0.2) is 227 Å². The molecule has 0 aliphatic carbocycles. The van der Waals surface area contributed by atoms with Gasteiger partial charge in [-0.25, -0.2) is 0 Å². The average molecular weight is 1810 g/mol. The monoisotopic (exact) mass is 1810 g/mol. The van der Waals surface area contributed by atoms with Crippen LogP contribution in [0.15, 0.2) is 97.1 Å². The average Bonchev–Trinajstić information content (AvgIpc) is 1.64. The second kappa shape index (κ2) is 46.1. The summed E-state index contributed by atoms with van der Waals surface area (Å²) in [7, 11) is 12.7. The molecule has 1 amide bonds. The van der Waals surface area contributed by atoms with E-state index in [1.165, 1.54) is 30.4 Å². The van der Waals surface area contributed by atoms with Crippen molar-refractivity contribution in [1.82, 2.24) is 34.7 Å². The molecular weight excluding hydrogens is 1630 g/mol. The van der Waals surface area contributed by atoms with E-state index in [2.05, 4.69) is 286 Å². The van der Waals surface area contributed by atoms with Gasteiger partial charge in [0.25, 0.3) is 0 Å². The van der Waals surface area contributed by atoms with Crippen molar-refractivity contribution in [3.05, 3.63) is 103 Å². The summed E-state index contributed by atoms with van der Waals surface area (Å²) < 4.78 is 39.4. The van der Waals surface area contributed by atoms with Crippen LogP contribution in [0.3, 0.4) is 0 Å². The number of likely N-dealkylation sites (tertiary alicyclic amines) is 6. The molecule has 4 aromatic rings. The lowest BCUT2D eigenvalue weighted by atomic mass is 9.82. The van der Waals surface area contributed by atoms with Gasteiger partial charge in [-0.1, -0.05) is 132 Å². The molecule has 6 heterocycles. The number of carbonyl (C=O) groups excluding carboxylic acids is 6. The largest absolute Gasteiger partial charge is 0.494 e. The van der Waals surface area contributed by atoms with Gasteiger partial charge in [0.05, 0.1) is 49.4 Å². The molecule has 130 heavy (non-hydrogen) atoms. The number of amides is 1.